The van der Waals surface area contributed by atoms with Gasteiger partial charge >= 0.3 is 18.6 Å². The predicted molar refractivity (Wildman–Crippen MR) is 42.8 cm³/mol. The van der Waals surface area contributed by atoms with Gasteiger partial charge in [-0.25, -0.2) is 9.59 Å². The van der Waals surface area contributed by atoms with Crippen LogP contribution in [0.3, 0.4) is 0 Å². The molecule has 0 bridgehead atoms. The van der Waals surface area contributed by atoms with Crippen LogP contribution in [0, 0.1) is 0 Å². The average molecular weight is 214 g/mol. The molecule has 15 heavy (non-hydrogen) atoms. The number of benzene rings is 1. The number of halogens is 2. The second-order valence-electron chi connectivity index (χ2n) is 2.76. The van der Waals surface area contributed by atoms with E-state index in [1.807, 2.05) is 0 Å². The first-order chi connectivity index (χ1) is 7.08. The highest BCUT2D eigenvalue weighted by molar-refractivity contribution is 6.14. The highest BCUT2D eigenvalue weighted by Crippen LogP contribution is 2.25. The molecule has 78 valence electrons. The number of esters is 2. The summed E-state index contributed by atoms with van der Waals surface area (Å²) in [6, 6.07) is 3.43. The standard InChI is InChI=1S/C9H4F2O4/c10-9(11)14-4-1-2-5-6(3-4)8(13)15-7(5)12/h1-3,9H. The summed E-state index contributed by atoms with van der Waals surface area (Å²) in [6.45, 7) is -2.98. The Balaban J connectivity index is 2.38. The number of fused-ring (bicyclic) bond motifs is 1. The minimum Gasteiger partial charge on any atom is -0.435 e. The molecule has 1 aliphatic heterocycles. The van der Waals surface area contributed by atoms with Crippen molar-refractivity contribution >= 4 is 11.9 Å². The van der Waals surface area contributed by atoms with Gasteiger partial charge in [0.1, 0.15) is 5.75 Å². The van der Waals surface area contributed by atoms with Crippen molar-refractivity contribution in [2.24, 2.45) is 0 Å². The largest absolute Gasteiger partial charge is 0.435 e. The molecule has 2 rings (SSSR count). The van der Waals surface area contributed by atoms with Gasteiger partial charge in [0.25, 0.3) is 0 Å². The molecule has 1 heterocycles. The third kappa shape index (κ3) is 1.65. The van der Waals surface area contributed by atoms with Crippen LogP contribution in [0.2, 0.25) is 0 Å². The van der Waals surface area contributed by atoms with Crippen molar-refractivity contribution in [2.75, 3.05) is 0 Å². The molecule has 0 atom stereocenters. The zero-order valence-electron chi connectivity index (χ0n) is 7.20. The maximum atomic E-state index is 11.8. The topological polar surface area (TPSA) is 52.6 Å². The number of hydrogen-bond acceptors (Lipinski definition) is 4. The SMILES string of the molecule is O=C1OC(=O)c2cc(OC(F)F)ccc21. The number of hydrogen-bond donors (Lipinski definition) is 0. The molecule has 0 amide bonds. The van der Waals surface area contributed by atoms with Crippen molar-refractivity contribution in [1.82, 2.24) is 0 Å². The minimum atomic E-state index is -2.98. The van der Waals surface area contributed by atoms with E-state index in [-0.39, 0.29) is 16.9 Å². The molecular formula is C9H4F2O4. The zero-order chi connectivity index (χ0) is 11.0. The van der Waals surface area contributed by atoms with Crippen LogP contribution < -0.4 is 4.74 Å². The van der Waals surface area contributed by atoms with Gasteiger partial charge in [-0.15, -0.1) is 0 Å². The second kappa shape index (κ2) is 3.30. The Morgan fingerprint density at radius 3 is 2.47 bits per heavy atom. The van der Waals surface area contributed by atoms with Crippen LogP contribution in [-0.4, -0.2) is 18.6 Å². The Bertz CT molecular complexity index is 442. The second-order valence-corrected chi connectivity index (χ2v) is 2.76. The highest BCUT2D eigenvalue weighted by Gasteiger charge is 2.30. The zero-order valence-corrected chi connectivity index (χ0v) is 7.20. The molecule has 0 aliphatic carbocycles. The summed E-state index contributed by atoms with van der Waals surface area (Å²) in [5, 5.41) is 0. The lowest BCUT2D eigenvalue weighted by atomic mass is 10.1. The molecular weight excluding hydrogens is 210 g/mol. The molecule has 1 aromatic carbocycles. The summed E-state index contributed by atoms with van der Waals surface area (Å²) in [6.07, 6.45) is 0. The van der Waals surface area contributed by atoms with Crippen LogP contribution in [0.5, 0.6) is 5.75 Å². The first kappa shape index (κ1) is 9.57. The minimum absolute atomic E-state index is 0.0571. The van der Waals surface area contributed by atoms with E-state index in [0.717, 1.165) is 6.07 Å². The first-order valence-corrected chi connectivity index (χ1v) is 3.93. The fourth-order valence-electron chi connectivity index (χ4n) is 1.24. The fourth-order valence-corrected chi connectivity index (χ4v) is 1.24. The first-order valence-electron chi connectivity index (χ1n) is 3.93. The summed E-state index contributed by atoms with van der Waals surface area (Å²) in [7, 11) is 0. The Morgan fingerprint density at radius 2 is 1.80 bits per heavy atom. The quantitative estimate of drug-likeness (QED) is 0.554. The van der Waals surface area contributed by atoms with Gasteiger partial charge in [-0.2, -0.15) is 8.78 Å². The summed E-state index contributed by atoms with van der Waals surface area (Å²) in [5.41, 5.74) is -0.000216. The van der Waals surface area contributed by atoms with Gasteiger partial charge < -0.3 is 9.47 Å². The number of carbonyl (C=O) groups is 2. The normalized spacial score (nSPS) is 14.1. The van der Waals surface area contributed by atoms with Gasteiger partial charge in [-0.3, -0.25) is 0 Å². The van der Waals surface area contributed by atoms with Crippen LogP contribution in [0.1, 0.15) is 20.7 Å². The number of rotatable bonds is 2. The monoisotopic (exact) mass is 214 g/mol. The Hall–Kier alpha value is -1.98. The van der Waals surface area contributed by atoms with Crippen molar-refractivity contribution < 1.29 is 27.8 Å². The van der Waals surface area contributed by atoms with Crippen LogP contribution in [-0.2, 0) is 4.74 Å². The molecule has 0 fully saturated rings. The number of alkyl halides is 2. The predicted octanol–water partition coefficient (Wildman–Crippen LogP) is 1.60. The van der Waals surface area contributed by atoms with Crippen molar-refractivity contribution in [3.63, 3.8) is 0 Å². The maximum absolute atomic E-state index is 11.8. The third-order valence-electron chi connectivity index (χ3n) is 1.84. The molecule has 1 aliphatic rings. The van der Waals surface area contributed by atoms with E-state index < -0.39 is 18.6 Å². The lowest BCUT2D eigenvalue weighted by Gasteiger charge is -2.03. The molecule has 6 heteroatoms. The van der Waals surface area contributed by atoms with E-state index in [1.54, 1.807) is 0 Å². The lowest BCUT2D eigenvalue weighted by Crippen LogP contribution is -2.03. The molecule has 0 saturated heterocycles. The van der Waals surface area contributed by atoms with E-state index in [4.69, 9.17) is 0 Å². The van der Waals surface area contributed by atoms with E-state index in [0.29, 0.717) is 0 Å². The molecule has 1 aromatic rings. The van der Waals surface area contributed by atoms with Crippen molar-refractivity contribution in [3.05, 3.63) is 29.3 Å². The summed E-state index contributed by atoms with van der Waals surface area (Å²) in [5.74, 6) is -1.82. The van der Waals surface area contributed by atoms with Gasteiger partial charge in [0.15, 0.2) is 0 Å². The van der Waals surface area contributed by atoms with Crippen LogP contribution in [0.4, 0.5) is 8.78 Å². The van der Waals surface area contributed by atoms with Crippen LogP contribution in [0.25, 0.3) is 0 Å². The molecule has 0 unspecified atom stereocenters. The van der Waals surface area contributed by atoms with Gasteiger partial charge in [0.05, 0.1) is 11.1 Å². The van der Waals surface area contributed by atoms with Crippen molar-refractivity contribution in [1.29, 1.82) is 0 Å². The Kier molecular flexibility index (Phi) is 2.11. The molecule has 0 aromatic heterocycles. The van der Waals surface area contributed by atoms with E-state index in [1.165, 1.54) is 12.1 Å². The van der Waals surface area contributed by atoms with E-state index >= 15 is 0 Å². The summed E-state index contributed by atoms with van der Waals surface area (Å²) < 4.78 is 32.0. The smallest absolute Gasteiger partial charge is 0.387 e. The molecule has 0 N–H and O–H groups in total. The number of carbonyl (C=O) groups excluding carboxylic acids is 2. The van der Waals surface area contributed by atoms with Gasteiger partial charge in [0.2, 0.25) is 0 Å². The molecule has 0 spiro atoms. The van der Waals surface area contributed by atoms with Crippen molar-refractivity contribution in [2.45, 2.75) is 6.61 Å². The molecule has 4 nitrogen and oxygen atoms in total. The maximum Gasteiger partial charge on any atom is 0.387 e. The number of ether oxygens (including phenoxy) is 2. The van der Waals surface area contributed by atoms with Gasteiger partial charge in [-0.05, 0) is 18.2 Å². The molecule has 0 saturated carbocycles. The third-order valence-corrected chi connectivity index (χ3v) is 1.84. The number of cyclic esters (lactones) is 2. The van der Waals surface area contributed by atoms with E-state index in [9.17, 15) is 18.4 Å². The van der Waals surface area contributed by atoms with Crippen molar-refractivity contribution in [3.8, 4) is 5.75 Å². The fraction of sp³-hybridized carbons (Fsp3) is 0.111. The van der Waals surface area contributed by atoms with Crippen LogP contribution in [0.15, 0.2) is 18.2 Å². The average Bonchev–Trinajstić information content (AvgIpc) is 2.41. The van der Waals surface area contributed by atoms with E-state index in [2.05, 4.69) is 9.47 Å². The molecule has 0 radical (unpaired) electrons. The summed E-state index contributed by atoms with van der Waals surface area (Å²) >= 11 is 0. The van der Waals surface area contributed by atoms with Crippen LogP contribution >= 0.6 is 0 Å². The van der Waals surface area contributed by atoms with Gasteiger partial charge in [0, 0.05) is 0 Å². The lowest BCUT2D eigenvalue weighted by molar-refractivity contribution is -0.0499. The summed E-state index contributed by atoms with van der Waals surface area (Å²) in [4.78, 5) is 22.0. The van der Waals surface area contributed by atoms with Gasteiger partial charge in [-0.1, -0.05) is 0 Å². The Morgan fingerprint density at radius 1 is 1.13 bits per heavy atom. The highest BCUT2D eigenvalue weighted by atomic mass is 19.3. The Labute approximate surface area is 82.4 Å².